The molecule has 7 nitrogen and oxygen atoms in total. The second-order valence-corrected chi connectivity index (χ2v) is 17.0. The molecule has 40 heavy (non-hydrogen) atoms. The lowest BCUT2D eigenvalue weighted by Gasteiger charge is -2.54. The lowest BCUT2D eigenvalue weighted by molar-refractivity contribution is -0.150. The molecule has 0 radical (unpaired) electrons. The predicted molar refractivity (Wildman–Crippen MR) is 176 cm³/mol. The van der Waals surface area contributed by atoms with Crippen molar-refractivity contribution < 1.29 is 14.3 Å². The van der Waals surface area contributed by atoms with Crippen molar-refractivity contribution >= 4 is 34.7 Å². The number of piperazine rings is 1. The molecule has 1 aliphatic rings. The van der Waals surface area contributed by atoms with E-state index in [1.807, 2.05) is 56.6 Å². The number of rotatable bonds is 13. The number of carbonyl (C=O) groups is 2. The Hall–Kier alpha value is -0.450. The average molecular weight is 679 g/mol. The van der Waals surface area contributed by atoms with Crippen LogP contribution in [0.4, 0.5) is 0 Å². The van der Waals surface area contributed by atoms with Crippen molar-refractivity contribution in [3.05, 3.63) is 0 Å². The van der Waals surface area contributed by atoms with Gasteiger partial charge < -0.3 is 9.64 Å². The summed E-state index contributed by atoms with van der Waals surface area (Å²) < 4.78 is 8.10. The van der Waals surface area contributed by atoms with Crippen molar-refractivity contribution in [1.29, 1.82) is 0 Å². The van der Waals surface area contributed by atoms with E-state index in [0.29, 0.717) is 18.8 Å². The van der Waals surface area contributed by atoms with Crippen molar-refractivity contribution in [2.75, 3.05) is 33.2 Å². The van der Waals surface area contributed by atoms with E-state index in [2.05, 4.69) is 95.4 Å². The number of nitrogens with one attached hydrogen (secondary N) is 1. The van der Waals surface area contributed by atoms with Crippen LogP contribution in [-0.4, -0.2) is 80.9 Å². The van der Waals surface area contributed by atoms with Crippen LogP contribution in [0, 0.1) is 22.2 Å². The van der Waals surface area contributed by atoms with Gasteiger partial charge in [0.1, 0.15) is 5.72 Å². The summed E-state index contributed by atoms with van der Waals surface area (Å²) in [5, 5.41) is 3.19. The Labute approximate surface area is 261 Å². The molecule has 8 heteroatoms. The number of hydrogen-bond donors (Lipinski definition) is 1. The molecular weight excluding hydrogens is 615 g/mol. The van der Waals surface area contributed by atoms with Gasteiger partial charge in [-0.15, -0.1) is 0 Å². The maximum Gasteiger partial charge on any atom is 0.237 e. The van der Waals surface area contributed by atoms with Gasteiger partial charge in [0.25, 0.3) is 0 Å². The van der Waals surface area contributed by atoms with Crippen molar-refractivity contribution in [2.24, 2.45) is 22.2 Å². The number of halogens is 1. The summed E-state index contributed by atoms with van der Waals surface area (Å²) in [7, 11) is 1.88. The monoisotopic (exact) mass is 678 g/mol. The third-order valence-electron chi connectivity index (χ3n) is 9.92. The van der Waals surface area contributed by atoms with Crippen LogP contribution in [0.5, 0.6) is 0 Å². The molecule has 2 amide bonds. The van der Waals surface area contributed by atoms with Crippen molar-refractivity contribution in [2.45, 2.75) is 140 Å². The molecule has 0 bridgehead atoms. The molecular formula is C32H63IN4O3. The zero-order valence-corrected chi connectivity index (χ0v) is 31.0. The predicted octanol–water partition coefficient (Wildman–Crippen LogP) is 6.74. The molecule has 0 aromatic carbocycles. The minimum absolute atomic E-state index is 0.0274. The SMILES string of the molecule is CNC(C)(C)OC(C)(C)CC(C)N(I)C(=O)C(C)(C)CC(C)(C)C(=O)N1CCN(C(C)(C)C(C)(C)C(C)C)CC1. The maximum atomic E-state index is 13.8. The number of ether oxygens (including phenoxy) is 1. The molecule has 1 atom stereocenters. The lowest BCUT2D eigenvalue weighted by atomic mass is 9.66. The Kier molecular flexibility index (Phi) is 12.3. The fourth-order valence-electron chi connectivity index (χ4n) is 6.33. The molecule has 0 aliphatic carbocycles. The first kappa shape index (κ1) is 37.6. The van der Waals surface area contributed by atoms with Gasteiger partial charge in [-0.05, 0) is 79.7 Å². The van der Waals surface area contributed by atoms with Gasteiger partial charge in [-0.3, -0.25) is 22.9 Å². The number of carbonyl (C=O) groups excluding carboxylic acids is 2. The smallest absolute Gasteiger partial charge is 0.237 e. The van der Waals surface area contributed by atoms with E-state index in [9.17, 15) is 9.59 Å². The molecule has 0 spiro atoms. The minimum Gasteiger partial charge on any atom is -0.355 e. The van der Waals surface area contributed by atoms with Crippen LogP contribution in [0.25, 0.3) is 0 Å². The topological polar surface area (TPSA) is 65.1 Å². The fourth-order valence-corrected chi connectivity index (χ4v) is 7.18. The molecule has 1 aliphatic heterocycles. The first-order chi connectivity index (χ1) is 17.7. The number of hydrogen-bond acceptors (Lipinski definition) is 5. The maximum absolute atomic E-state index is 13.8. The molecule has 236 valence electrons. The molecule has 0 saturated carbocycles. The fraction of sp³-hybridized carbons (Fsp3) is 0.938. The van der Waals surface area contributed by atoms with Gasteiger partial charge in [-0.1, -0.05) is 55.4 Å². The largest absolute Gasteiger partial charge is 0.355 e. The summed E-state index contributed by atoms with van der Waals surface area (Å²) in [5.74, 6) is 0.748. The van der Waals surface area contributed by atoms with Crippen molar-refractivity contribution in [3.8, 4) is 0 Å². The summed E-state index contributed by atoms with van der Waals surface area (Å²) in [5.41, 5.74) is -2.03. The molecule has 0 aromatic heterocycles. The second-order valence-electron chi connectivity index (χ2n) is 16.0. The summed E-state index contributed by atoms with van der Waals surface area (Å²) in [6.07, 6.45) is 1.18. The molecule has 1 heterocycles. The highest BCUT2D eigenvalue weighted by molar-refractivity contribution is 14.1. The Bertz CT molecular complexity index is 871. The molecule has 1 fully saturated rings. The summed E-state index contributed by atoms with van der Waals surface area (Å²) in [4.78, 5) is 32.1. The van der Waals surface area contributed by atoms with E-state index in [4.69, 9.17) is 4.74 Å². The van der Waals surface area contributed by atoms with Crippen LogP contribution in [0.3, 0.4) is 0 Å². The van der Waals surface area contributed by atoms with Crippen LogP contribution in [0.1, 0.15) is 117 Å². The molecule has 0 aromatic rings. The van der Waals surface area contributed by atoms with Gasteiger partial charge in [-0.25, -0.2) is 0 Å². The molecule has 1 unspecified atom stereocenters. The lowest BCUT2D eigenvalue weighted by Crippen LogP contribution is -2.62. The first-order valence-electron chi connectivity index (χ1n) is 15.2. The second kappa shape index (κ2) is 13.0. The van der Waals surface area contributed by atoms with E-state index in [-0.39, 0.29) is 28.8 Å². The Morgan fingerprint density at radius 2 is 1.32 bits per heavy atom. The normalized spacial score (nSPS) is 17.8. The quantitative estimate of drug-likeness (QED) is 0.133. The van der Waals surface area contributed by atoms with E-state index >= 15 is 0 Å². The zero-order chi connectivity index (χ0) is 31.7. The standard InChI is InChI=1S/C32H63IN4O3/c1-23(2)30(10,11)31(12,13)36-19-17-35(18-20-36)25(38)27(4,5)22-28(6,7)26(39)37(33)24(3)21-29(8,9)40-32(14,15)34-16/h23-24,34H,17-22H2,1-16H3. The Morgan fingerprint density at radius 3 is 1.75 bits per heavy atom. The van der Waals surface area contributed by atoms with Crippen molar-refractivity contribution in [3.63, 3.8) is 0 Å². The highest BCUT2D eigenvalue weighted by atomic mass is 127. The van der Waals surface area contributed by atoms with Gasteiger partial charge >= 0.3 is 0 Å². The van der Waals surface area contributed by atoms with Crippen LogP contribution >= 0.6 is 22.9 Å². The van der Waals surface area contributed by atoms with Crippen LogP contribution in [0.15, 0.2) is 0 Å². The number of amides is 2. The van der Waals surface area contributed by atoms with Crippen LogP contribution in [-0.2, 0) is 14.3 Å². The minimum atomic E-state index is -0.686. The molecule has 1 saturated heterocycles. The van der Waals surface area contributed by atoms with Crippen LogP contribution < -0.4 is 5.32 Å². The third-order valence-corrected chi connectivity index (χ3v) is 11.3. The van der Waals surface area contributed by atoms with Crippen LogP contribution in [0.2, 0.25) is 0 Å². The zero-order valence-electron chi connectivity index (χ0n) is 28.8. The van der Waals surface area contributed by atoms with E-state index in [1.165, 1.54) is 0 Å². The average Bonchev–Trinajstić information content (AvgIpc) is 2.80. The summed E-state index contributed by atoms with van der Waals surface area (Å²) in [6, 6.07) is -0.0274. The van der Waals surface area contributed by atoms with Gasteiger partial charge in [-0.2, -0.15) is 0 Å². The highest BCUT2D eigenvalue weighted by Crippen LogP contribution is 2.43. The third kappa shape index (κ3) is 9.03. The summed E-state index contributed by atoms with van der Waals surface area (Å²) in [6.45, 7) is 35.3. The van der Waals surface area contributed by atoms with E-state index in [0.717, 1.165) is 26.2 Å². The van der Waals surface area contributed by atoms with Gasteiger partial charge in [0.05, 0.1) is 28.5 Å². The van der Waals surface area contributed by atoms with Crippen molar-refractivity contribution in [1.82, 2.24) is 18.2 Å². The molecule has 1 rings (SSSR count). The highest BCUT2D eigenvalue weighted by Gasteiger charge is 2.47. The van der Waals surface area contributed by atoms with E-state index < -0.39 is 22.2 Å². The first-order valence-corrected chi connectivity index (χ1v) is 16.1. The van der Waals surface area contributed by atoms with Gasteiger partial charge in [0, 0.05) is 48.6 Å². The number of nitrogens with zero attached hydrogens (tertiary/aromatic N) is 3. The van der Waals surface area contributed by atoms with E-state index in [1.54, 1.807) is 0 Å². The summed E-state index contributed by atoms with van der Waals surface area (Å²) >= 11 is 2.15. The molecule has 1 N–H and O–H groups in total. The van der Waals surface area contributed by atoms with Gasteiger partial charge in [0.15, 0.2) is 0 Å². The Balaban J connectivity index is 2.89. The van der Waals surface area contributed by atoms with Gasteiger partial charge in [0.2, 0.25) is 11.8 Å². The Morgan fingerprint density at radius 1 is 0.850 bits per heavy atom.